The van der Waals surface area contributed by atoms with Gasteiger partial charge >= 0.3 is 0 Å². The van der Waals surface area contributed by atoms with E-state index in [1.54, 1.807) is 6.92 Å². The summed E-state index contributed by atoms with van der Waals surface area (Å²) in [7, 11) is 0. The SMILES string of the molecule is Cc1nc(-c2ccccc2)nc(NC(C)C(=O)Nc2ccccc2)c1Br. The van der Waals surface area contributed by atoms with Crippen molar-refractivity contribution >= 4 is 33.3 Å². The molecule has 0 aliphatic carbocycles. The Labute approximate surface area is 161 Å². The molecule has 2 N–H and O–H groups in total. The molecular weight excluding hydrogens is 392 g/mol. The van der Waals surface area contributed by atoms with Crippen molar-refractivity contribution < 1.29 is 4.79 Å². The van der Waals surface area contributed by atoms with E-state index in [-0.39, 0.29) is 5.91 Å². The maximum Gasteiger partial charge on any atom is 0.246 e. The largest absolute Gasteiger partial charge is 0.358 e. The number of carbonyl (C=O) groups excluding carboxylic acids is 1. The van der Waals surface area contributed by atoms with Gasteiger partial charge in [0.15, 0.2) is 5.82 Å². The third-order valence-electron chi connectivity index (χ3n) is 3.84. The minimum Gasteiger partial charge on any atom is -0.358 e. The van der Waals surface area contributed by atoms with Crippen LogP contribution in [0.15, 0.2) is 65.1 Å². The third-order valence-corrected chi connectivity index (χ3v) is 4.79. The van der Waals surface area contributed by atoms with Crippen molar-refractivity contribution in [1.29, 1.82) is 0 Å². The van der Waals surface area contributed by atoms with Crippen LogP contribution in [0.3, 0.4) is 0 Å². The van der Waals surface area contributed by atoms with Crippen LogP contribution < -0.4 is 10.6 Å². The van der Waals surface area contributed by atoms with Crippen molar-refractivity contribution in [1.82, 2.24) is 9.97 Å². The predicted octanol–water partition coefficient (Wildman–Crippen LogP) is 4.65. The molecule has 132 valence electrons. The highest BCUT2D eigenvalue weighted by atomic mass is 79.9. The van der Waals surface area contributed by atoms with Crippen molar-refractivity contribution in [3.05, 3.63) is 70.8 Å². The molecule has 26 heavy (non-hydrogen) atoms. The zero-order chi connectivity index (χ0) is 18.5. The van der Waals surface area contributed by atoms with Crippen LogP contribution in [0.1, 0.15) is 12.6 Å². The van der Waals surface area contributed by atoms with Crippen LogP contribution >= 0.6 is 15.9 Å². The van der Waals surface area contributed by atoms with Crippen LogP contribution in [-0.4, -0.2) is 21.9 Å². The van der Waals surface area contributed by atoms with Crippen LogP contribution in [0, 0.1) is 6.92 Å². The Morgan fingerprint density at radius 1 is 1.00 bits per heavy atom. The van der Waals surface area contributed by atoms with Gasteiger partial charge in [0, 0.05) is 11.3 Å². The van der Waals surface area contributed by atoms with Crippen molar-refractivity contribution in [3.8, 4) is 11.4 Å². The first-order valence-corrected chi connectivity index (χ1v) is 9.06. The Kier molecular flexibility index (Phi) is 5.63. The van der Waals surface area contributed by atoms with Gasteiger partial charge in [0.05, 0.1) is 10.2 Å². The van der Waals surface area contributed by atoms with E-state index in [1.165, 1.54) is 0 Å². The number of anilines is 2. The fourth-order valence-corrected chi connectivity index (χ4v) is 2.71. The van der Waals surface area contributed by atoms with E-state index in [9.17, 15) is 4.79 Å². The van der Waals surface area contributed by atoms with Gasteiger partial charge in [-0.15, -0.1) is 0 Å². The first kappa shape index (κ1) is 18.1. The Morgan fingerprint density at radius 3 is 2.27 bits per heavy atom. The summed E-state index contributed by atoms with van der Waals surface area (Å²) in [6, 6.07) is 18.6. The molecule has 5 nitrogen and oxygen atoms in total. The van der Waals surface area contributed by atoms with E-state index < -0.39 is 6.04 Å². The molecule has 6 heteroatoms. The number of carbonyl (C=O) groups is 1. The Hall–Kier alpha value is -2.73. The Morgan fingerprint density at radius 2 is 1.62 bits per heavy atom. The number of halogens is 1. The summed E-state index contributed by atoms with van der Waals surface area (Å²) in [4.78, 5) is 21.5. The van der Waals surface area contributed by atoms with Crippen LogP contribution in [0.25, 0.3) is 11.4 Å². The number of aryl methyl sites for hydroxylation is 1. The lowest BCUT2D eigenvalue weighted by atomic mass is 10.2. The van der Waals surface area contributed by atoms with E-state index in [4.69, 9.17) is 0 Å². The zero-order valence-electron chi connectivity index (χ0n) is 14.5. The number of hydrogen-bond acceptors (Lipinski definition) is 4. The molecule has 0 bridgehead atoms. The second kappa shape index (κ2) is 8.10. The topological polar surface area (TPSA) is 66.9 Å². The second-order valence-corrected chi connectivity index (χ2v) is 6.68. The van der Waals surface area contributed by atoms with Crippen LogP contribution in [0.2, 0.25) is 0 Å². The average molecular weight is 411 g/mol. The highest BCUT2D eigenvalue weighted by Gasteiger charge is 2.17. The minimum atomic E-state index is -0.468. The van der Waals surface area contributed by atoms with Gasteiger partial charge in [-0.1, -0.05) is 48.5 Å². The summed E-state index contributed by atoms with van der Waals surface area (Å²) in [6.45, 7) is 3.70. The van der Waals surface area contributed by atoms with Crippen LogP contribution in [0.4, 0.5) is 11.5 Å². The number of benzene rings is 2. The predicted molar refractivity (Wildman–Crippen MR) is 108 cm³/mol. The Balaban J connectivity index is 1.80. The number of para-hydroxylation sites is 1. The van der Waals surface area contributed by atoms with E-state index >= 15 is 0 Å². The Bertz CT molecular complexity index is 900. The summed E-state index contributed by atoms with van der Waals surface area (Å²) >= 11 is 3.51. The fourth-order valence-electron chi connectivity index (χ4n) is 2.41. The first-order chi connectivity index (χ1) is 12.5. The van der Waals surface area contributed by atoms with Crippen molar-refractivity contribution in [2.75, 3.05) is 10.6 Å². The van der Waals surface area contributed by atoms with Crippen molar-refractivity contribution in [2.24, 2.45) is 0 Å². The summed E-state index contributed by atoms with van der Waals surface area (Å²) in [6.07, 6.45) is 0. The molecule has 0 spiro atoms. The smallest absolute Gasteiger partial charge is 0.246 e. The number of nitrogens with one attached hydrogen (secondary N) is 2. The summed E-state index contributed by atoms with van der Waals surface area (Å²) < 4.78 is 0.747. The van der Waals surface area contributed by atoms with Gasteiger partial charge in [-0.3, -0.25) is 4.79 Å². The first-order valence-electron chi connectivity index (χ1n) is 8.26. The maximum atomic E-state index is 12.4. The molecule has 0 aliphatic rings. The number of nitrogens with zero attached hydrogens (tertiary/aromatic N) is 2. The van der Waals surface area contributed by atoms with Gasteiger partial charge in [-0.2, -0.15) is 0 Å². The molecule has 1 atom stereocenters. The third kappa shape index (κ3) is 4.26. The molecule has 1 aromatic heterocycles. The molecule has 1 amide bonds. The lowest BCUT2D eigenvalue weighted by molar-refractivity contribution is -0.116. The molecule has 1 unspecified atom stereocenters. The van der Waals surface area contributed by atoms with Crippen LogP contribution in [-0.2, 0) is 4.79 Å². The lowest BCUT2D eigenvalue weighted by Gasteiger charge is -2.17. The molecule has 0 saturated heterocycles. The molecule has 0 saturated carbocycles. The second-order valence-electron chi connectivity index (χ2n) is 5.88. The monoisotopic (exact) mass is 410 g/mol. The lowest BCUT2D eigenvalue weighted by Crippen LogP contribution is -2.32. The molecule has 0 aliphatic heterocycles. The van der Waals surface area contributed by atoms with Gasteiger partial charge < -0.3 is 10.6 Å². The van der Waals surface area contributed by atoms with Crippen molar-refractivity contribution in [2.45, 2.75) is 19.9 Å². The molecule has 3 rings (SSSR count). The van der Waals surface area contributed by atoms with E-state index in [2.05, 4.69) is 36.5 Å². The van der Waals surface area contributed by atoms with Gasteiger partial charge in [0.25, 0.3) is 0 Å². The number of hydrogen-bond donors (Lipinski definition) is 2. The quantitative estimate of drug-likeness (QED) is 0.641. The maximum absolute atomic E-state index is 12.4. The van der Waals surface area contributed by atoms with Gasteiger partial charge in [-0.25, -0.2) is 9.97 Å². The number of amides is 1. The summed E-state index contributed by atoms with van der Waals surface area (Å²) in [5.41, 5.74) is 2.48. The normalized spacial score (nSPS) is 11.7. The fraction of sp³-hybridized carbons (Fsp3) is 0.150. The average Bonchev–Trinajstić information content (AvgIpc) is 2.66. The van der Waals surface area contributed by atoms with Gasteiger partial charge in [0.2, 0.25) is 5.91 Å². The molecule has 0 radical (unpaired) electrons. The molecular formula is C20H19BrN4O. The van der Waals surface area contributed by atoms with E-state index in [0.717, 1.165) is 21.4 Å². The van der Waals surface area contributed by atoms with Crippen LogP contribution in [0.5, 0.6) is 0 Å². The highest BCUT2D eigenvalue weighted by Crippen LogP contribution is 2.27. The summed E-state index contributed by atoms with van der Waals surface area (Å²) in [5, 5.41) is 6.05. The number of aromatic nitrogens is 2. The van der Waals surface area contributed by atoms with E-state index in [0.29, 0.717) is 11.6 Å². The van der Waals surface area contributed by atoms with Crippen molar-refractivity contribution in [3.63, 3.8) is 0 Å². The molecule has 2 aromatic carbocycles. The van der Waals surface area contributed by atoms with Gasteiger partial charge in [-0.05, 0) is 41.9 Å². The number of rotatable bonds is 5. The molecule has 3 aromatic rings. The molecule has 1 heterocycles. The zero-order valence-corrected chi connectivity index (χ0v) is 16.1. The minimum absolute atomic E-state index is 0.138. The molecule has 0 fully saturated rings. The standard InChI is InChI=1S/C20H19BrN4O/c1-13-17(21)19(25-18(22-13)15-9-5-3-6-10-15)23-14(2)20(26)24-16-11-7-4-8-12-16/h3-12,14H,1-2H3,(H,24,26)(H,22,23,25). The van der Waals surface area contributed by atoms with Gasteiger partial charge in [0.1, 0.15) is 11.9 Å². The summed E-state index contributed by atoms with van der Waals surface area (Å²) in [5.74, 6) is 1.07. The highest BCUT2D eigenvalue weighted by molar-refractivity contribution is 9.10. The van der Waals surface area contributed by atoms with E-state index in [1.807, 2.05) is 67.6 Å².